The van der Waals surface area contributed by atoms with Crippen LogP contribution >= 0.6 is 11.6 Å². The van der Waals surface area contributed by atoms with E-state index >= 15 is 0 Å². The van der Waals surface area contributed by atoms with Crippen molar-refractivity contribution in [3.63, 3.8) is 0 Å². The lowest BCUT2D eigenvalue weighted by molar-refractivity contribution is -0.122. The molecule has 2 rings (SSSR count). The molecule has 1 heterocycles. The second kappa shape index (κ2) is 9.23. The van der Waals surface area contributed by atoms with Gasteiger partial charge in [0.2, 0.25) is 5.91 Å². The molecule has 0 spiro atoms. The third kappa shape index (κ3) is 5.46. The second-order valence-corrected chi connectivity index (χ2v) is 6.45. The number of aliphatic hydroxyl groups excluding tert-OH is 1. The van der Waals surface area contributed by atoms with Crippen LogP contribution in [0.2, 0.25) is 5.02 Å². The summed E-state index contributed by atoms with van der Waals surface area (Å²) in [5, 5.41) is 12.7. The molecule has 1 aliphatic rings. The number of likely N-dealkylation sites (N-methyl/N-ethyl adjacent to an activating group) is 1. The van der Waals surface area contributed by atoms with Gasteiger partial charge in [0, 0.05) is 18.1 Å². The molecule has 1 amide bonds. The summed E-state index contributed by atoms with van der Waals surface area (Å²) in [5.74, 6) is -0.0304. The quantitative estimate of drug-likeness (QED) is 0.754. The van der Waals surface area contributed by atoms with E-state index in [4.69, 9.17) is 16.7 Å². The number of rotatable bonds is 8. The molecule has 23 heavy (non-hydrogen) atoms. The highest BCUT2D eigenvalue weighted by Gasteiger charge is 2.25. The Bertz CT molecular complexity index is 506. The highest BCUT2D eigenvalue weighted by molar-refractivity contribution is 6.31. The molecule has 1 fully saturated rings. The first-order chi connectivity index (χ1) is 11.1. The molecule has 1 aliphatic heterocycles. The minimum Gasteiger partial charge on any atom is -0.395 e. The zero-order chi connectivity index (χ0) is 16.7. The van der Waals surface area contributed by atoms with Crippen molar-refractivity contribution in [2.24, 2.45) is 0 Å². The predicted molar refractivity (Wildman–Crippen MR) is 92.6 cm³/mol. The third-order valence-electron chi connectivity index (χ3n) is 4.23. The minimum absolute atomic E-state index is 0.0304. The van der Waals surface area contributed by atoms with Crippen LogP contribution in [-0.4, -0.2) is 67.2 Å². The molecule has 0 saturated carbocycles. The number of hydrogen-bond donors (Lipinski definition) is 2. The molecule has 1 aromatic rings. The van der Waals surface area contributed by atoms with Gasteiger partial charge in [0.25, 0.3) is 0 Å². The van der Waals surface area contributed by atoms with E-state index in [9.17, 15) is 4.79 Å². The van der Waals surface area contributed by atoms with E-state index in [0.717, 1.165) is 23.7 Å². The lowest BCUT2D eigenvalue weighted by atomic mass is 10.1. The maximum absolute atomic E-state index is 12.1. The van der Waals surface area contributed by atoms with Crippen molar-refractivity contribution < 1.29 is 9.90 Å². The maximum atomic E-state index is 12.1. The van der Waals surface area contributed by atoms with Crippen LogP contribution in [0.5, 0.6) is 0 Å². The van der Waals surface area contributed by atoms with Gasteiger partial charge in [0.15, 0.2) is 0 Å². The number of amides is 1. The summed E-state index contributed by atoms with van der Waals surface area (Å²) in [7, 11) is 1.82. The third-order valence-corrected chi connectivity index (χ3v) is 4.58. The van der Waals surface area contributed by atoms with Crippen LogP contribution in [0.3, 0.4) is 0 Å². The number of likely N-dealkylation sites (tertiary alicyclic amines) is 1. The van der Waals surface area contributed by atoms with E-state index in [2.05, 4.69) is 10.2 Å². The molecular formula is C17H26ClN3O2. The van der Waals surface area contributed by atoms with E-state index < -0.39 is 0 Å². The van der Waals surface area contributed by atoms with Crippen molar-refractivity contribution in [3.8, 4) is 0 Å². The summed E-state index contributed by atoms with van der Waals surface area (Å²) < 4.78 is 0. The van der Waals surface area contributed by atoms with Crippen molar-refractivity contribution in [2.75, 3.05) is 46.4 Å². The first kappa shape index (κ1) is 18.2. The first-order valence-corrected chi connectivity index (χ1v) is 8.54. The zero-order valence-corrected chi connectivity index (χ0v) is 14.4. The van der Waals surface area contributed by atoms with E-state index in [1.807, 2.05) is 31.3 Å². The molecule has 1 atom stereocenters. The highest BCUT2D eigenvalue weighted by atomic mass is 35.5. The standard InChI is InChI=1S/C17H26ClN3O2/c1-20(10-11-22)13-17(23)19-12-16(21-8-4-5-9-21)14-6-2-3-7-15(14)18/h2-3,6-7,16,22H,4-5,8-13H2,1H3,(H,19,23). The number of benzene rings is 1. The largest absolute Gasteiger partial charge is 0.395 e. The number of nitrogens with one attached hydrogen (secondary N) is 1. The zero-order valence-electron chi connectivity index (χ0n) is 13.7. The molecule has 1 aromatic carbocycles. The number of hydrogen-bond acceptors (Lipinski definition) is 4. The maximum Gasteiger partial charge on any atom is 0.234 e. The molecular weight excluding hydrogens is 314 g/mol. The smallest absolute Gasteiger partial charge is 0.234 e. The van der Waals surface area contributed by atoms with Crippen LogP contribution in [0.25, 0.3) is 0 Å². The Morgan fingerprint density at radius 1 is 1.39 bits per heavy atom. The molecule has 0 aliphatic carbocycles. The van der Waals surface area contributed by atoms with Crippen LogP contribution in [0.4, 0.5) is 0 Å². The van der Waals surface area contributed by atoms with E-state index in [1.165, 1.54) is 12.8 Å². The average molecular weight is 340 g/mol. The monoisotopic (exact) mass is 339 g/mol. The second-order valence-electron chi connectivity index (χ2n) is 6.05. The molecule has 128 valence electrons. The van der Waals surface area contributed by atoms with Gasteiger partial charge in [-0.1, -0.05) is 29.8 Å². The molecule has 0 radical (unpaired) electrons. The van der Waals surface area contributed by atoms with Crippen LogP contribution < -0.4 is 5.32 Å². The number of carbonyl (C=O) groups excluding carboxylic acids is 1. The predicted octanol–water partition coefficient (Wildman–Crippen LogP) is 1.52. The Morgan fingerprint density at radius 2 is 2.09 bits per heavy atom. The molecule has 1 unspecified atom stereocenters. The Kier molecular flexibility index (Phi) is 7.30. The van der Waals surface area contributed by atoms with Gasteiger partial charge in [-0.05, 0) is 44.6 Å². The molecule has 0 bridgehead atoms. The van der Waals surface area contributed by atoms with Crippen LogP contribution in [0, 0.1) is 0 Å². The van der Waals surface area contributed by atoms with Gasteiger partial charge in [0.05, 0.1) is 19.2 Å². The summed E-state index contributed by atoms with van der Waals surface area (Å²) in [6.45, 7) is 3.46. The van der Waals surface area contributed by atoms with Crippen molar-refractivity contribution in [3.05, 3.63) is 34.9 Å². The topological polar surface area (TPSA) is 55.8 Å². The Labute approximate surface area is 143 Å². The van der Waals surface area contributed by atoms with Gasteiger partial charge in [0.1, 0.15) is 0 Å². The number of halogens is 1. The van der Waals surface area contributed by atoms with Gasteiger partial charge in [-0.25, -0.2) is 0 Å². The van der Waals surface area contributed by atoms with Gasteiger partial charge in [-0.15, -0.1) is 0 Å². The van der Waals surface area contributed by atoms with Crippen molar-refractivity contribution in [1.29, 1.82) is 0 Å². The van der Waals surface area contributed by atoms with Crippen molar-refractivity contribution >= 4 is 17.5 Å². The SMILES string of the molecule is CN(CCO)CC(=O)NCC(c1ccccc1Cl)N1CCCC1. The highest BCUT2D eigenvalue weighted by Crippen LogP contribution is 2.29. The molecule has 5 nitrogen and oxygen atoms in total. The van der Waals surface area contributed by atoms with E-state index in [-0.39, 0.29) is 25.1 Å². The lowest BCUT2D eigenvalue weighted by Crippen LogP contribution is -2.41. The summed E-state index contributed by atoms with van der Waals surface area (Å²) in [6, 6.07) is 7.96. The summed E-state index contributed by atoms with van der Waals surface area (Å²) in [5.41, 5.74) is 1.07. The minimum atomic E-state index is -0.0304. The Hall–Kier alpha value is -1.14. The first-order valence-electron chi connectivity index (χ1n) is 8.16. The summed E-state index contributed by atoms with van der Waals surface area (Å²) >= 11 is 6.36. The Balaban J connectivity index is 1.98. The number of nitrogens with zero attached hydrogens (tertiary/aromatic N) is 2. The fraction of sp³-hybridized carbons (Fsp3) is 0.588. The van der Waals surface area contributed by atoms with Crippen molar-refractivity contribution in [1.82, 2.24) is 15.1 Å². The summed E-state index contributed by atoms with van der Waals surface area (Å²) in [4.78, 5) is 16.3. The molecule has 0 aromatic heterocycles. The fourth-order valence-corrected chi connectivity index (χ4v) is 3.26. The molecule has 2 N–H and O–H groups in total. The summed E-state index contributed by atoms with van der Waals surface area (Å²) in [6.07, 6.45) is 2.38. The number of aliphatic hydroxyl groups is 1. The van der Waals surface area contributed by atoms with Crippen LogP contribution in [0.1, 0.15) is 24.4 Å². The van der Waals surface area contributed by atoms with Gasteiger partial charge in [-0.2, -0.15) is 0 Å². The van der Waals surface area contributed by atoms with Gasteiger partial charge < -0.3 is 10.4 Å². The molecule has 6 heteroatoms. The lowest BCUT2D eigenvalue weighted by Gasteiger charge is -2.29. The fourth-order valence-electron chi connectivity index (χ4n) is 3.00. The van der Waals surface area contributed by atoms with Gasteiger partial charge >= 0.3 is 0 Å². The van der Waals surface area contributed by atoms with Crippen LogP contribution in [0.15, 0.2) is 24.3 Å². The normalized spacial score (nSPS) is 16.7. The van der Waals surface area contributed by atoms with E-state index in [1.54, 1.807) is 4.90 Å². The average Bonchev–Trinajstić information content (AvgIpc) is 3.03. The Morgan fingerprint density at radius 3 is 2.74 bits per heavy atom. The van der Waals surface area contributed by atoms with Crippen LogP contribution in [-0.2, 0) is 4.79 Å². The van der Waals surface area contributed by atoms with Crippen molar-refractivity contribution in [2.45, 2.75) is 18.9 Å². The number of carbonyl (C=O) groups is 1. The van der Waals surface area contributed by atoms with E-state index in [0.29, 0.717) is 13.1 Å². The van der Waals surface area contributed by atoms with Gasteiger partial charge in [-0.3, -0.25) is 14.6 Å². The molecule has 1 saturated heterocycles.